The fourth-order valence-electron chi connectivity index (χ4n) is 4.06. The van der Waals surface area contributed by atoms with Crippen molar-refractivity contribution in [1.29, 1.82) is 0 Å². The number of hydrogen-bond acceptors (Lipinski definition) is 4. The smallest absolute Gasteiger partial charge is 0.163 e. The molecule has 1 aliphatic heterocycles. The average molecular weight is 348 g/mol. The van der Waals surface area contributed by atoms with Crippen LogP contribution in [0.25, 0.3) is 0 Å². The summed E-state index contributed by atoms with van der Waals surface area (Å²) in [6.07, 6.45) is 9.37. The molecule has 4 heteroatoms. The number of ketones is 2. The quantitative estimate of drug-likeness (QED) is 0.779. The Morgan fingerprint density at radius 2 is 1.69 bits per heavy atom. The molecule has 0 bridgehead atoms. The van der Waals surface area contributed by atoms with E-state index in [1.807, 2.05) is 24.3 Å². The van der Waals surface area contributed by atoms with Crippen LogP contribution in [-0.4, -0.2) is 18.2 Å². The molecule has 0 amide bonds. The normalized spacial score (nSPS) is 20.3. The summed E-state index contributed by atoms with van der Waals surface area (Å²) in [5, 5.41) is 0. The average Bonchev–Trinajstić information content (AvgIpc) is 2.65. The molecule has 4 nitrogen and oxygen atoms in total. The Morgan fingerprint density at radius 3 is 2.31 bits per heavy atom. The fourth-order valence-corrected chi connectivity index (χ4v) is 4.06. The molecule has 0 spiro atoms. The van der Waals surface area contributed by atoms with Crippen LogP contribution in [0.3, 0.4) is 0 Å². The molecule has 0 atom stereocenters. The minimum atomic E-state index is -0.358. The van der Waals surface area contributed by atoms with Gasteiger partial charge in [0.05, 0.1) is 0 Å². The van der Waals surface area contributed by atoms with E-state index >= 15 is 0 Å². The SMILES string of the molecule is C#CCOc1cccc(C2C3=C(CCCC3=O)OC3=C2C(=O)CCC3)c1. The van der Waals surface area contributed by atoms with Gasteiger partial charge in [-0.1, -0.05) is 18.1 Å². The van der Waals surface area contributed by atoms with Crippen molar-refractivity contribution in [3.8, 4) is 18.1 Å². The predicted molar refractivity (Wildman–Crippen MR) is 96.4 cm³/mol. The first-order chi connectivity index (χ1) is 12.7. The van der Waals surface area contributed by atoms with Crippen molar-refractivity contribution >= 4 is 11.6 Å². The van der Waals surface area contributed by atoms with Crippen molar-refractivity contribution in [2.75, 3.05) is 6.61 Å². The molecule has 2 aliphatic carbocycles. The fraction of sp³-hybridized carbons (Fsp3) is 0.364. The zero-order valence-electron chi connectivity index (χ0n) is 14.5. The maximum Gasteiger partial charge on any atom is 0.163 e. The number of hydrogen-bond donors (Lipinski definition) is 0. The molecule has 0 N–H and O–H groups in total. The van der Waals surface area contributed by atoms with E-state index in [0.29, 0.717) is 29.7 Å². The lowest BCUT2D eigenvalue weighted by atomic mass is 9.73. The number of allylic oxidation sites excluding steroid dienone is 4. The zero-order chi connectivity index (χ0) is 18.1. The Bertz CT molecular complexity index is 840. The van der Waals surface area contributed by atoms with Gasteiger partial charge in [-0.15, -0.1) is 6.42 Å². The van der Waals surface area contributed by atoms with Gasteiger partial charge in [-0.2, -0.15) is 0 Å². The molecule has 0 unspecified atom stereocenters. The van der Waals surface area contributed by atoms with Crippen LogP contribution in [0.2, 0.25) is 0 Å². The summed E-state index contributed by atoms with van der Waals surface area (Å²) < 4.78 is 11.6. The number of Topliss-reactive ketones (excluding diaryl/α,β-unsaturated/α-hetero) is 2. The highest BCUT2D eigenvalue weighted by atomic mass is 16.5. The molecule has 3 aliphatic rings. The van der Waals surface area contributed by atoms with Crippen LogP contribution < -0.4 is 4.74 Å². The second kappa shape index (κ2) is 6.84. The Balaban J connectivity index is 1.83. The highest BCUT2D eigenvalue weighted by Crippen LogP contribution is 2.48. The molecule has 0 fully saturated rings. The molecule has 1 aromatic carbocycles. The molecule has 1 heterocycles. The molecule has 0 saturated carbocycles. The number of rotatable bonds is 3. The van der Waals surface area contributed by atoms with E-state index in [2.05, 4.69) is 5.92 Å². The minimum Gasteiger partial charge on any atom is -0.481 e. The van der Waals surface area contributed by atoms with Crippen LogP contribution in [0.15, 0.2) is 46.9 Å². The predicted octanol–water partition coefficient (Wildman–Crippen LogP) is 3.83. The Morgan fingerprint density at radius 1 is 1.04 bits per heavy atom. The number of ether oxygens (including phenoxy) is 2. The summed E-state index contributed by atoms with van der Waals surface area (Å²) in [6.45, 7) is 0.178. The van der Waals surface area contributed by atoms with Gasteiger partial charge < -0.3 is 9.47 Å². The third-order valence-electron chi connectivity index (χ3n) is 5.15. The van der Waals surface area contributed by atoms with E-state index in [0.717, 1.165) is 42.8 Å². The van der Waals surface area contributed by atoms with Crippen molar-refractivity contribution in [2.24, 2.45) is 0 Å². The van der Waals surface area contributed by atoms with Crippen molar-refractivity contribution in [3.63, 3.8) is 0 Å². The van der Waals surface area contributed by atoms with E-state index in [4.69, 9.17) is 15.9 Å². The molecule has 0 saturated heterocycles. The summed E-state index contributed by atoms with van der Waals surface area (Å²) in [7, 11) is 0. The van der Waals surface area contributed by atoms with Crippen LogP contribution in [0.4, 0.5) is 0 Å². The Labute approximate surface area is 152 Å². The first kappa shape index (κ1) is 16.7. The van der Waals surface area contributed by atoms with Gasteiger partial charge in [-0.25, -0.2) is 0 Å². The first-order valence-electron chi connectivity index (χ1n) is 9.05. The van der Waals surface area contributed by atoms with Crippen LogP contribution in [0, 0.1) is 12.3 Å². The first-order valence-corrected chi connectivity index (χ1v) is 9.05. The van der Waals surface area contributed by atoms with E-state index in [1.165, 1.54) is 0 Å². The summed E-state index contributed by atoms with van der Waals surface area (Å²) in [6, 6.07) is 7.53. The highest BCUT2D eigenvalue weighted by Gasteiger charge is 2.41. The molecular weight excluding hydrogens is 328 g/mol. The van der Waals surface area contributed by atoms with Crippen LogP contribution >= 0.6 is 0 Å². The van der Waals surface area contributed by atoms with Crippen LogP contribution in [0.1, 0.15) is 50.0 Å². The van der Waals surface area contributed by atoms with Crippen LogP contribution in [0.5, 0.6) is 5.75 Å². The van der Waals surface area contributed by atoms with Gasteiger partial charge in [-0.05, 0) is 30.5 Å². The van der Waals surface area contributed by atoms with Gasteiger partial charge in [0.25, 0.3) is 0 Å². The highest BCUT2D eigenvalue weighted by molar-refractivity contribution is 6.05. The maximum atomic E-state index is 12.7. The number of carbonyl (C=O) groups excluding carboxylic acids is 2. The summed E-state index contributed by atoms with van der Waals surface area (Å²) >= 11 is 0. The van der Waals surface area contributed by atoms with Gasteiger partial charge in [0, 0.05) is 42.7 Å². The molecule has 26 heavy (non-hydrogen) atoms. The monoisotopic (exact) mass is 348 g/mol. The Hall–Kier alpha value is -2.80. The molecular formula is C22H20O4. The molecule has 0 radical (unpaired) electrons. The van der Waals surface area contributed by atoms with Gasteiger partial charge in [-0.3, -0.25) is 9.59 Å². The molecule has 4 rings (SSSR count). The largest absolute Gasteiger partial charge is 0.481 e. The van der Waals surface area contributed by atoms with Crippen molar-refractivity contribution < 1.29 is 19.1 Å². The van der Waals surface area contributed by atoms with E-state index < -0.39 is 0 Å². The third-order valence-corrected chi connectivity index (χ3v) is 5.15. The van der Waals surface area contributed by atoms with Crippen molar-refractivity contribution in [1.82, 2.24) is 0 Å². The number of terminal acetylenes is 1. The lowest BCUT2D eigenvalue weighted by molar-refractivity contribution is -0.117. The van der Waals surface area contributed by atoms with E-state index in [-0.39, 0.29) is 24.1 Å². The zero-order valence-corrected chi connectivity index (χ0v) is 14.5. The minimum absolute atomic E-state index is 0.0797. The summed E-state index contributed by atoms with van der Waals surface area (Å²) in [4.78, 5) is 25.4. The third kappa shape index (κ3) is 2.84. The lowest BCUT2D eigenvalue weighted by Crippen LogP contribution is -2.30. The van der Waals surface area contributed by atoms with Crippen molar-refractivity contribution in [2.45, 2.75) is 44.4 Å². The number of benzene rings is 1. The summed E-state index contributed by atoms with van der Waals surface area (Å²) in [5.41, 5.74) is 2.19. The van der Waals surface area contributed by atoms with Gasteiger partial charge in [0.2, 0.25) is 0 Å². The second-order valence-corrected chi connectivity index (χ2v) is 6.83. The standard InChI is InChI=1S/C22H20O4/c1-2-12-25-15-7-3-6-14(13-15)20-21-16(23)8-4-10-18(21)26-19-11-5-9-17(24)22(19)20/h1,3,6-7,13,20H,4-5,8-12H2. The van der Waals surface area contributed by atoms with E-state index in [9.17, 15) is 9.59 Å². The van der Waals surface area contributed by atoms with Crippen molar-refractivity contribution in [3.05, 3.63) is 52.5 Å². The van der Waals surface area contributed by atoms with Gasteiger partial charge in [0.15, 0.2) is 11.6 Å². The topological polar surface area (TPSA) is 52.6 Å². The maximum absolute atomic E-state index is 12.7. The lowest BCUT2D eigenvalue weighted by Gasteiger charge is -2.36. The van der Waals surface area contributed by atoms with Gasteiger partial charge in [0.1, 0.15) is 23.9 Å². The molecule has 1 aromatic rings. The van der Waals surface area contributed by atoms with Crippen LogP contribution in [-0.2, 0) is 14.3 Å². The molecule has 132 valence electrons. The summed E-state index contributed by atoms with van der Waals surface area (Å²) in [5.74, 6) is 4.38. The molecule has 0 aromatic heterocycles. The second-order valence-electron chi connectivity index (χ2n) is 6.83. The van der Waals surface area contributed by atoms with Gasteiger partial charge >= 0.3 is 0 Å². The van der Waals surface area contributed by atoms with E-state index in [1.54, 1.807) is 0 Å². The number of carbonyl (C=O) groups is 2. The Kier molecular flexibility index (Phi) is 4.38.